The van der Waals surface area contributed by atoms with Gasteiger partial charge in [0.05, 0.1) is 17.6 Å². The molecule has 2 aromatic heterocycles. The van der Waals surface area contributed by atoms with Crippen LogP contribution < -0.4 is 5.73 Å². The molecule has 4 aromatic rings. The number of aromatic nitrogens is 3. The van der Waals surface area contributed by atoms with E-state index in [0.29, 0.717) is 16.9 Å². The molecular weight excluding hydrogens is 315 g/mol. The van der Waals surface area contributed by atoms with Crippen LogP contribution in [0.4, 0.5) is 10.1 Å². The van der Waals surface area contributed by atoms with E-state index in [9.17, 15) is 4.39 Å². The van der Waals surface area contributed by atoms with Crippen LogP contribution in [-0.4, -0.2) is 14.6 Å². The lowest BCUT2D eigenvalue weighted by molar-refractivity contribution is 0.632. The fourth-order valence-electron chi connectivity index (χ4n) is 2.46. The van der Waals surface area contributed by atoms with Gasteiger partial charge in [0, 0.05) is 11.1 Å². The zero-order chi connectivity index (χ0) is 17.2. The number of hydrogen-bond donors (Lipinski definition) is 1. The Morgan fingerprint density at radius 1 is 0.960 bits per heavy atom. The van der Waals surface area contributed by atoms with Crippen LogP contribution >= 0.6 is 0 Å². The van der Waals surface area contributed by atoms with E-state index < -0.39 is 5.82 Å². The number of anilines is 1. The Morgan fingerprint density at radius 3 is 2.60 bits per heavy atom. The number of fused-ring (bicyclic) bond motifs is 1. The van der Waals surface area contributed by atoms with E-state index in [1.54, 1.807) is 16.8 Å². The molecule has 4 rings (SSSR count). The highest BCUT2D eigenvalue weighted by molar-refractivity contribution is 5.60. The molecule has 2 N–H and O–H groups in total. The summed E-state index contributed by atoms with van der Waals surface area (Å²) in [5.74, 6) is 5.44. The van der Waals surface area contributed by atoms with Gasteiger partial charge in [0.15, 0.2) is 5.65 Å². The first kappa shape index (κ1) is 14.9. The Morgan fingerprint density at radius 2 is 1.80 bits per heavy atom. The number of hydrogen-bond acceptors (Lipinski definition) is 3. The third-order valence-electron chi connectivity index (χ3n) is 3.72. The molecule has 0 fully saturated rings. The molecule has 5 heteroatoms. The van der Waals surface area contributed by atoms with Gasteiger partial charge >= 0.3 is 0 Å². The Balaban J connectivity index is 1.68. The van der Waals surface area contributed by atoms with Gasteiger partial charge in [-0.1, -0.05) is 36.3 Å². The molecule has 25 heavy (non-hydrogen) atoms. The summed E-state index contributed by atoms with van der Waals surface area (Å²) in [6.07, 6.45) is 1.77. The first-order valence-corrected chi connectivity index (χ1v) is 7.68. The van der Waals surface area contributed by atoms with Gasteiger partial charge < -0.3 is 5.73 Å². The lowest BCUT2D eigenvalue weighted by Gasteiger charge is -2.00. The zero-order valence-corrected chi connectivity index (χ0v) is 13.1. The van der Waals surface area contributed by atoms with Gasteiger partial charge in [-0.25, -0.2) is 13.9 Å². The van der Waals surface area contributed by atoms with E-state index in [2.05, 4.69) is 21.9 Å². The summed E-state index contributed by atoms with van der Waals surface area (Å²) in [5.41, 5.74) is 9.45. The van der Waals surface area contributed by atoms with Crippen LogP contribution in [0.3, 0.4) is 0 Å². The van der Waals surface area contributed by atoms with Crippen molar-refractivity contribution in [2.75, 3.05) is 5.73 Å². The highest BCUT2D eigenvalue weighted by Gasteiger charge is 2.04. The fourth-order valence-corrected chi connectivity index (χ4v) is 2.46. The maximum Gasteiger partial charge on any atom is 0.155 e. The smallest absolute Gasteiger partial charge is 0.155 e. The Labute approximate surface area is 143 Å². The lowest BCUT2D eigenvalue weighted by atomic mass is 10.1. The largest absolute Gasteiger partial charge is 0.396 e. The van der Waals surface area contributed by atoms with E-state index in [-0.39, 0.29) is 5.69 Å². The van der Waals surface area contributed by atoms with Crippen molar-refractivity contribution in [3.05, 3.63) is 83.9 Å². The first-order chi connectivity index (χ1) is 12.2. The van der Waals surface area contributed by atoms with E-state index in [0.717, 1.165) is 11.3 Å². The van der Waals surface area contributed by atoms with Gasteiger partial charge in [0.25, 0.3) is 0 Å². The second-order valence-corrected chi connectivity index (χ2v) is 5.50. The Kier molecular flexibility index (Phi) is 3.64. The van der Waals surface area contributed by atoms with Crippen LogP contribution in [0.25, 0.3) is 16.9 Å². The standard InChI is InChI=1S/C20H13FN4/c21-17-9-7-14(12-18(17)22)6-8-16-13-25-20(23-16)11-10-19(24-25)15-4-2-1-3-5-15/h1-5,7,9-13H,22H2. The van der Waals surface area contributed by atoms with Gasteiger partial charge in [-0.05, 0) is 36.3 Å². The summed E-state index contributed by atoms with van der Waals surface area (Å²) < 4.78 is 14.9. The molecule has 0 unspecified atom stereocenters. The van der Waals surface area contributed by atoms with E-state index in [1.165, 1.54) is 12.1 Å². The molecule has 0 amide bonds. The molecular formula is C20H13FN4. The number of imidazole rings is 1. The van der Waals surface area contributed by atoms with Gasteiger partial charge in [-0.3, -0.25) is 0 Å². The van der Waals surface area contributed by atoms with Gasteiger partial charge in [-0.15, -0.1) is 0 Å². The van der Waals surface area contributed by atoms with Crippen LogP contribution in [0.15, 0.2) is 66.9 Å². The summed E-state index contributed by atoms with van der Waals surface area (Å²) in [6, 6.07) is 18.1. The van der Waals surface area contributed by atoms with Crippen LogP contribution in [0.2, 0.25) is 0 Å². The minimum absolute atomic E-state index is 0.0796. The highest BCUT2D eigenvalue weighted by atomic mass is 19.1. The second kappa shape index (κ2) is 6.10. The number of nitrogens with zero attached hydrogens (tertiary/aromatic N) is 3. The predicted octanol–water partition coefficient (Wildman–Crippen LogP) is 3.52. The molecule has 0 aliphatic heterocycles. The normalized spacial score (nSPS) is 10.4. The Bertz CT molecular complexity index is 1120. The van der Waals surface area contributed by atoms with E-state index in [1.807, 2.05) is 42.5 Å². The van der Waals surface area contributed by atoms with Gasteiger partial charge in [-0.2, -0.15) is 5.10 Å². The van der Waals surface area contributed by atoms with Crippen molar-refractivity contribution in [2.45, 2.75) is 0 Å². The zero-order valence-electron chi connectivity index (χ0n) is 13.1. The Hall–Kier alpha value is -3.65. The molecule has 0 atom stereocenters. The molecule has 4 nitrogen and oxygen atoms in total. The van der Waals surface area contributed by atoms with Crippen LogP contribution in [0, 0.1) is 17.7 Å². The summed E-state index contributed by atoms with van der Waals surface area (Å²) in [6.45, 7) is 0. The number of rotatable bonds is 1. The highest BCUT2D eigenvalue weighted by Crippen LogP contribution is 2.17. The van der Waals surface area contributed by atoms with Crippen LogP contribution in [0.5, 0.6) is 0 Å². The van der Waals surface area contributed by atoms with Crippen LogP contribution in [0.1, 0.15) is 11.3 Å². The van der Waals surface area contributed by atoms with Gasteiger partial charge in [0.2, 0.25) is 0 Å². The van der Waals surface area contributed by atoms with E-state index in [4.69, 9.17) is 5.73 Å². The molecule has 0 saturated carbocycles. The van der Waals surface area contributed by atoms with Crippen molar-refractivity contribution in [1.82, 2.24) is 14.6 Å². The van der Waals surface area contributed by atoms with Crippen LogP contribution in [-0.2, 0) is 0 Å². The van der Waals surface area contributed by atoms with Crippen molar-refractivity contribution in [1.29, 1.82) is 0 Å². The number of nitrogens with two attached hydrogens (primary N) is 1. The average molecular weight is 328 g/mol. The fraction of sp³-hybridized carbons (Fsp3) is 0. The third-order valence-corrected chi connectivity index (χ3v) is 3.72. The third kappa shape index (κ3) is 3.06. The summed E-state index contributed by atoms with van der Waals surface area (Å²) in [7, 11) is 0. The number of halogens is 1. The maximum absolute atomic E-state index is 13.2. The summed E-state index contributed by atoms with van der Waals surface area (Å²) in [4.78, 5) is 4.42. The van der Waals surface area contributed by atoms with Crippen molar-refractivity contribution in [3.8, 4) is 23.1 Å². The average Bonchev–Trinajstić information content (AvgIpc) is 3.05. The molecule has 0 saturated heterocycles. The minimum atomic E-state index is -0.448. The SMILES string of the molecule is Nc1cc(C#Cc2cn3nc(-c4ccccc4)ccc3n2)ccc1F. The number of benzene rings is 2. The molecule has 0 spiro atoms. The minimum Gasteiger partial charge on any atom is -0.396 e. The van der Waals surface area contributed by atoms with Gasteiger partial charge in [0.1, 0.15) is 11.5 Å². The summed E-state index contributed by atoms with van der Waals surface area (Å²) in [5, 5.41) is 4.56. The van der Waals surface area contributed by atoms with Crippen molar-refractivity contribution in [2.24, 2.45) is 0 Å². The molecule has 0 aliphatic carbocycles. The quantitative estimate of drug-likeness (QED) is 0.430. The molecule has 0 bridgehead atoms. The lowest BCUT2D eigenvalue weighted by Crippen LogP contribution is -1.92. The van der Waals surface area contributed by atoms with E-state index >= 15 is 0 Å². The summed E-state index contributed by atoms with van der Waals surface area (Å²) >= 11 is 0. The molecule has 0 aliphatic rings. The maximum atomic E-state index is 13.2. The number of nitrogen functional groups attached to an aromatic ring is 1. The predicted molar refractivity (Wildman–Crippen MR) is 95.2 cm³/mol. The molecule has 0 radical (unpaired) electrons. The van der Waals surface area contributed by atoms with Crippen molar-refractivity contribution >= 4 is 11.3 Å². The van der Waals surface area contributed by atoms with Crippen molar-refractivity contribution < 1.29 is 4.39 Å². The topological polar surface area (TPSA) is 56.2 Å². The molecule has 2 aromatic carbocycles. The monoisotopic (exact) mass is 328 g/mol. The first-order valence-electron chi connectivity index (χ1n) is 7.68. The second-order valence-electron chi connectivity index (χ2n) is 5.50. The van der Waals surface area contributed by atoms with Crippen molar-refractivity contribution in [3.63, 3.8) is 0 Å². The molecule has 120 valence electrons. The molecule has 2 heterocycles.